The van der Waals surface area contributed by atoms with Gasteiger partial charge in [0.1, 0.15) is 5.82 Å². The maximum absolute atomic E-state index is 13.4. The van der Waals surface area contributed by atoms with E-state index in [9.17, 15) is 14.0 Å². The molecule has 176 valence electrons. The quantitative estimate of drug-likeness (QED) is 0.143. The number of carbonyl (C=O) groups is 2. The van der Waals surface area contributed by atoms with Crippen LogP contribution in [-0.2, 0) is 11.2 Å². The van der Waals surface area contributed by atoms with Gasteiger partial charge >= 0.3 is 5.97 Å². The SMILES string of the molecule is COc1cc(/C=N\NC(=O)Cc2ccc(Br)c3ccccc23)ccc1OC(=O)c1cccc(F)c1. The summed E-state index contributed by atoms with van der Waals surface area (Å²) in [5.74, 6) is -1.05. The first-order chi connectivity index (χ1) is 16.9. The van der Waals surface area contributed by atoms with Crippen LogP contribution in [0, 0.1) is 5.82 Å². The van der Waals surface area contributed by atoms with Crippen molar-refractivity contribution in [1.82, 2.24) is 5.43 Å². The Kier molecular flexibility index (Phi) is 7.52. The topological polar surface area (TPSA) is 77.0 Å². The van der Waals surface area contributed by atoms with Crippen LogP contribution in [0.15, 0.2) is 88.4 Å². The van der Waals surface area contributed by atoms with Crippen molar-refractivity contribution in [2.45, 2.75) is 6.42 Å². The average molecular weight is 535 g/mol. The van der Waals surface area contributed by atoms with E-state index < -0.39 is 11.8 Å². The van der Waals surface area contributed by atoms with Crippen molar-refractivity contribution in [1.29, 1.82) is 0 Å². The number of nitrogens with one attached hydrogen (secondary N) is 1. The lowest BCUT2D eigenvalue weighted by Gasteiger charge is -2.10. The summed E-state index contributed by atoms with van der Waals surface area (Å²) in [5.41, 5.74) is 4.11. The highest BCUT2D eigenvalue weighted by Crippen LogP contribution is 2.29. The number of methoxy groups -OCH3 is 1. The second kappa shape index (κ2) is 10.9. The fourth-order valence-corrected chi connectivity index (χ4v) is 3.97. The van der Waals surface area contributed by atoms with Gasteiger partial charge in [-0.15, -0.1) is 0 Å². The lowest BCUT2D eigenvalue weighted by Crippen LogP contribution is -2.19. The number of hydrogen-bond donors (Lipinski definition) is 1. The summed E-state index contributed by atoms with van der Waals surface area (Å²) in [6.07, 6.45) is 1.63. The molecule has 0 unspecified atom stereocenters. The van der Waals surface area contributed by atoms with Gasteiger partial charge in [-0.25, -0.2) is 14.6 Å². The van der Waals surface area contributed by atoms with Gasteiger partial charge in [0.15, 0.2) is 11.5 Å². The van der Waals surface area contributed by atoms with Crippen molar-refractivity contribution in [3.8, 4) is 11.5 Å². The van der Waals surface area contributed by atoms with E-state index in [1.54, 1.807) is 12.1 Å². The number of fused-ring (bicyclic) bond motifs is 1. The third-order valence-corrected chi connectivity index (χ3v) is 5.86. The predicted molar refractivity (Wildman–Crippen MR) is 135 cm³/mol. The molecule has 0 heterocycles. The Morgan fingerprint density at radius 3 is 2.54 bits per heavy atom. The summed E-state index contributed by atoms with van der Waals surface area (Å²) in [6, 6.07) is 21.7. The number of esters is 1. The zero-order chi connectivity index (χ0) is 24.8. The van der Waals surface area contributed by atoms with Crippen LogP contribution in [0.5, 0.6) is 11.5 Å². The number of benzene rings is 4. The van der Waals surface area contributed by atoms with Crippen LogP contribution in [0.3, 0.4) is 0 Å². The third kappa shape index (κ3) is 5.91. The molecule has 0 aliphatic heterocycles. The summed E-state index contributed by atoms with van der Waals surface area (Å²) in [4.78, 5) is 24.7. The van der Waals surface area contributed by atoms with E-state index in [2.05, 4.69) is 26.5 Å². The summed E-state index contributed by atoms with van der Waals surface area (Å²) in [7, 11) is 1.43. The van der Waals surface area contributed by atoms with Crippen LogP contribution >= 0.6 is 15.9 Å². The molecule has 1 amide bonds. The molecule has 35 heavy (non-hydrogen) atoms. The summed E-state index contributed by atoms with van der Waals surface area (Å²) in [5, 5.41) is 6.05. The van der Waals surface area contributed by atoms with Gasteiger partial charge in [-0.2, -0.15) is 5.10 Å². The first-order valence-electron chi connectivity index (χ1n) is 10.6. The number of amides is 1. The Labute approximate surface area is 209 Å². The Morgan fingerprint density at radius 1 is 0.971 bits per heavy atom. The zero-order valence-corrected chi connectivity index (χ0v) is 20.2. The molecule has 0 bridgehead atoms. The van der Waals surface area contributed by atoms with Crippen LogP contribution in [-0.4, -0.2) is 25.2 Å². The van der Waals surface area contributed by atoms with Gasteiger partial charge < -0.3 is 9.47 Å². The van der Waals surface area contributed by atoms with Crippen molar-refractivity contribution in [2.75, 3.05) is 7.11 Å². The summed E-state index contributed by atoms with van der Waals surface area (Å²) >= 11 is 3.53. The van der Waals surface area contributed by atoms with Crippen molar-refractivity contribution in [3.05, 3.63) is 106 Å². The van der Waals surface area contributed by atoms with E-state index >= 15 is 0 Å². The van der Waals surface area contributed by atoms with E-state index in [1.807, 2.05) is 36.4 Å². The zero-order valence-electron chi connectivity index (χ0n) is 18.6. The highest BCUT2D eigenvalue weighted by molar-refractivity contribution is 9.10. The average Bonchev–Trinajstić information content (AvgIpc) is 2.86. The fourth-order valence-electron chi connectivity index (χ4n) is 3.49. The molecule has 0 aromatic heterocycles. The number of carbonyl (C=O) groups excluding carboxylic acids is 2. The largest absolute Gasteiger partial charge is 0.493 e. The van der Waals surface area contributed by atoms with Crippen molar-refractivity contribution in [3.63, 3.8) is 0 Å². The molecule has 1 N–H and O–H groups in total. The van der Waals surface area contributed by atoms with Crippen molar-refractivity contribution in [2.24, 2.45) is 5.10 Å². The minimum absolute atomic E-state index is 0.0824. The maximum Gasteiger partial charge on any atom is 0.343 e. The molecule has 4 aromatic rings. The molecule has 6 nitrogen and oxygen atoms in total. The van der Waals surface area contributed by atoms with E-state index in [0.29, 0.717) is 5.56 Å². The Balaban J connectivity index is 1.41. The molecule has 0 aliphatic rings. The Bertz CT molecular complexity index is 1440. The second-order valence-electron chi connectivity index (χ2n) is 7.53. The molecule has 0 radical (unpaired) electrons. The summed E-state index contributed by atoms with van der Waals surface area (Å²) in [6.45, 7) is 0. The van der Waals surface area contributed by atoms with E-state index in [4.69, 9.17) is 9.47 Å². The maximum atomic E-state index is 13.4. The molecule has 0 saturated carbocycles. The molecule has 0 aliphatic carbocycles. The smallest absolute Gasteiger partial charge is 0.343 e. The molecule has 0 atom stereocenters. The van der Waals surface area contributed by atoms with E-state index in [0.717, 1.165) is 26.9 Å². The van der Waals surface area contributed by atoms with Gasteiger partial charge in [-0.1, -0.05) is 52.3 Å². The summed E-state index contributed by atoms with van der Waals surface area (Å²) < 4.78 is 25.0. The number of hydrogen-bond acceptors (Lipinski definition) is 5. The van der Waals surface area contributed by atoms with Crippen LogP contribution in [0.25, 0.3) is 10.8 Å². The number of halogens is 2. The molecule has 4 rings (SSSR count). The van der Waals surface area contributed by atoms with Crippen LogP contribution in [0.1, 0.15) is 21.5 Å². The van der Waals surface area contributed by atoms with E-state index in [-0.39, 0.29) is 29.4 Å². The van der Waals surface area contributed by atoms with Crippen LogP contribution in [0.2, 0.25) is 0 Å². The first-order valence-corrected chi connectivity index (χ1v) is 11.4. The Hall–Kier alpha value is -4.04. The molecule has 0 saturated heterocycles. The van der Waals surface area contributed by atoms with Gasteiger partial charge in [-0.05, 0) is 64.4 Å². The standard InChI is InChI=1S/C27H20BrFN2O4/c1-34-25-13-17(9-12-24(25)35-27(33)19-5-4-6-20(29)14-19)16-30-31-26(32)15-18-10-11-23(28)22-8-3-2-7-21(18)22/h2-14,16H,15H2,1H3,(H,31,32)/b30-16-. The van der Waals surface area contributed by atoms with Gasteiger partial charge in [0, 0.05) is 4.47 Å². The number of hydrazone groups is 1. The number of rotatable bonds is 7. The van der Waals surface area contributed by atoms with E-state index in [1.165, 1.54) is 37.6 Å². The molecule has 0 fully saturated rings. The number of nitrogens with zero attached hydrogens (tertiary/aromatic N) is 1. The van der Waals surface area contributed by atoms with Crippen molar-refractivity contribution >= 4 is 44.8 Å². The fraction of sp³-hybridized carbons (Fsp3) is 0.0741. The number of ether oxygens (including phenoxy) is 2. The Morgan fingerprint density at radius 2 is 1.77 bits per heavy atom. The van der Waals surface area contributed by atoms with Gasteiger partial charge in [0.25, 0.3) is 0 Å². The molecule has 0 spiro atoms. The third-order valence-electron chi connectivity index (χ3n) is 5.17. The first kappa shape index (κ1) is 24.1. The highest BCUT2D eigenvalue weighted by atomic mass is 79.9. The monoisotopic (exact) mass is 534 g/mol. The van der Waals surface area contributed by atoms with Gasteiger partial charge in [0.2, 0.25) is 5.91 Å². The minimum Gasteiger partial charge on any atom is -0.493 e. The lowest BCUT2D eigenvalue weighted by molar-refractivity contribution is -0.120. The molecular weight excluding hydrogens is 515 g/mol. The predicted octanol–water partition coefficient (Wildman–Crippen LogP) is 5.66. The van der Waals surface area contributed by atoms with Crippen LogP contribution in [0.4, 0.5) is 4.39 Å². The normalized spacial score (nSPS) is 10.9. The van der Waals surface area contributed by atoms with Crippen molar-refractivity contribution < 1.29 is 23.5 Å². The second-order valence-corrected chi connectivity index (χ2v) is 8.39. The molecule has 8 heteroatoms. The van der Waals surface area contributed by atoms with Gasteiger partial charge in [-0.3, -0.25) is 4.79 Å². The highest BCUT2D eigenvalue weighted by Gasteiger charge is 2.14. The molecule has 4 aromatic carbocycles. The molecular formula is C27H20BrFN2O4. The van der Waals surface area contributed by atoms with Crippen LogP contribution < -0.4 is 14.9 Å². The minimum atomic E-state index is -0.711. The van der Waals surface area contributed by atoms with Gasteiger partial charge in [0.05, 0.1) is 25.3 Å². The lowest BCUT2D eigenvalue weighted by atomic mass is 10.0.